The molecule has 0 amide bonds. The van der Waals surface area contributed by atoms with Crippen LogP contribution in [-0.2, 0) is 10.2 Å². The molecule has 2 N–H and O–H groups in total. The number of hydrogen-bond acceptors (Lipinski definition) is 3. The lowest BCUT2D eigenvalue weighted by Crippen LogP contribution is -2.52. The highest BCUT2D eigenvalue weighted by Gasteiger charge is 2.40. The highest BCUT2D eigenvalue weighted by atomic mass is 16.5. The molecule has 1 saturated heterocycles. The summed E-state index contributed by atoms with van der Waals surface area (Å²) < 4.78 is 5.16. The molecule has 12 heavy (non-hydrogen) atoms. The third-order valence-electron chi connectivity index (χ3n) is 2.36. The van der Waals surface area contributed by atoms with Gasteiger partial charge in [0.2, 0.25) is 0 Å². The van der Waals surface area contributed by atoms with Crippen molar-refractivity contribution in [1.29, 1.82) is 0 Å². The molecule has 1 aromatic rings. The van der Waals surface area contributed by atoms with Crippen LogP contribution in [0.3, 0.4) is 0 Å². The van der Waals surface area contributed by atoms with Gasteiger partial charge in [-0.25, -0.2) is 0 Å². The summed E-state index contributed by atoms with van der Waals surface area (Å²) >= 11 is 0. The maximum atomic E-state index is 5.68. The van der Waals surface area contributed by atoms with Crippen LogP contribution >= 0.6 is 0 Å². The molecule has 0 bridgehead atoms. The van der Waals surface area contributed by atoms with E-state index in [1.807, 2.05) is 18.2 Å². The van der Waals surface area contributed by atoms with Crippen molar-refractivity contribution in [3.8, 4) is 0 Å². The van der Waals surface area contributed by atoms with E-state index in [2.05, 4.69) is 4.98 Å². The van der Waals surface area contributed by atoms with Crippen molar-refractivity contribution in [3.63, 3.8) is 0 Å². The number of aromatic nitrogens is 1. The van der Waals surface area contributed by atoms with Crippen LogP contribution in [0, 0.1) is 0 Å². The summed E-state index contributed by atoms with van der Waals surface area (Å²) in [6, 6.07) is 5.90. The van der Waals surface area contributed by atoms with Crippen LogP contribution in [0.15, 0.2) is 24.4 Å². The van der Waals surface area contributed by atoms with Gasteiger partial charge in [0.1, 0.15) is 0 Å². The molecule has 1 aliphatic heterocycles. The first kappa shape index (κ1) is 7.71. The van der Waals surface area contributed by atoms with E-state index in [9.17, 15) is 0 Å². The van der Waals surface area contributed by atoms with E-state index in [0.29, 0.717) is 19.8 Å². The summed E-state index contributed by atoms with van der Waals surface area (Å²) in [5, 5.41) is 0. The van der Waals surface area contributed by atoms with E-state index in [1.165, 1.54) is 0 Å². The van der Waals surface area contributed by atoms with Gasteiger partial charge in [-0.05, 0) is 12.1 Å². The Morgan fingerprint density at radius 3 is 2.75 bits per heavy atom. The van der Waals surface area contributed by atoms with Crippen LogP contribution in [0.25, 0.3) is 0 Å². The zero-order valence-corrected chi connectivity index (χ0v) is 6.86. The number of pyridine rings is 1. The SMILES string of the molecule is NCC1(c2ccccn2)COC1. The van der Waals surface area contributed by atoms with Crippen LogP contribution in [0.2, 0.25) is 0 Å². The Balaban J connectivity index is 2.28. The largest absolute Gasteiger partial charge is 0.379 e. The Kier molecular flexibility index (Phi) is 1.83. The topological polar surface area (TPSA) is 48.1 Å². The van der Waals surface area contributed by atoms with E-state index < -0.39 is 0 Å². The molecule has 0 unspecified atom stereocenters. The van der Waals surface area contributed by atoms with Crippen molar-refractivity contribution in [3.05, 3.63) is 30.1 Å². The van der Waals surface area contributed by atoms with Crippen molar-refractivity contribution < 1.29 is 4.74 Å². The summed E-state index contributed by atoms with van der Waals surface area (Å²) in [5.74, 6) is 0. The second-order valence-electron chi connectivity index (χ2n) is 3.19. The molecule has 1 aromatic heterocycles. The smallest absolute Gasteiger partial charge is 0.0714 e. The normalized spacial score (nSPS) is 20.1. The molecule has 0 saturated carbocycles. The van der Waals surface area contributed by atoms with Crippen molar-refractivity contribution in [2.75, 3.05) is 19.8 Å². The van der Waals surface area contributed by atoms with E-state index >= 15 is 0 Å². The van der Waals surface area contributed by atoms with Gasteiger partial charge in [0.15, 0.2) is 0 Å². The van der Waals surface area contributed by atoms with Crippen LogP contribution in [0.1, 0.15) is 5.69 Å². The molecule has 2 heterocycles. The van der Waals surface area contributed by atoms with Crippen LogP contribution < -0.4 is 5.73 Å². The van der Waals surface area contributed by atoms with Crippen molar-refractivity contribution in [1.82, 2.24) is 4.98 Å². The minimum absolute atomic E-state index is 0.00125. The highest BCUT2D eigenvalue weighted by molar-refractivity contribution is 5.20. The standard InChI is InChI=1S/C9H12N2O/c10-5-9(6-12-7-9)8-3-1-2-4-11-8/h1-4H,5-7,10H2. The first-order valence-corrected chi connectivity index (χ1v) is 4.07. The van der Waals surface area contributed by atoms with Gasteiger partial charge in [0, 0.05) is 12.7 Å². The molecule has 0 atom stereocenters. The number of hydrogen-bond donors (Lipinski definition) is 1. The van der Waals surface area contributed by atoms with Gasteiger partial charge < -0.3 is 10.5 Å². The number of ether oxygens (including phenoxy) is 1. The Morgan fingerprint density at radius 2 is 2.33 bits per heavy atom. The zero-order chi connectivity index (χ0) is 8.44. The Bertz CT molecular complexity index is 251. The molecule has 0 aromatic carbocycles. The van der Waals surface area contributed by atoms with Crippen LogP contribution in [0.5, 0.6) is 0 Å². The van der Waals surface area contributed by atoms with Crippen LogP contribution in [-0.4, -0.2) is 24.7 Å². The predicted molar refractivity (Wildman–Crippen MR) is 45.8 cm³/mol. The molecule has 0 spiro atoms. The fourth-order valence-electron chi connectivity index (χ4n) is 1.40. The summed E-state index contributed by atoms with van der Waals surface area (Å²) in [6.07, 6.45) is 1.80. The minimum Gasteiger partial charge on any atom is -0.379 e. The van der Waals surface area contributed by atoms with Gasteiger partial charge >= 0.3 is 0 Å². The fraction of sp³-hybridized carbons (Fsp3) is 0.444. The third-order valence-corrected chi connectivity index (χ3v) is 2.36. The molecular formula is C9H12N2O. The second kappa shape index (κ2) is 2.84. The Labute approximate surface area is 71.6 Å². The van der Waals surface area contributed by atoms with Gasteiger partial charge in [-0.1, -0.05) is 6.07 Å². The lowest BCUT2D eigenvalue weighted by molar-refractivity contribution is -0.0571. The molecular weight excluding hydrogens is 152 g/mol. The molecule has 1 fully saturated rings. The van der Waals surface area contributed by atoms with Gasteiger partial charge in [-0.3, -0.25) is 4.98 Å². The maximum absolute atomic E-state index is 5.68. The molecule has 0 aliphatic carbocycles. The molecule has 0 radical (unpaired) electrons. The van der Waals surface area contributed by atoms with Gasteiger partial charge in [0.05, 0.1) is 24.3 Å². The number of rotatable bonds is 2. The van der Waals surface area contributed by atoms with E-state index in [1.54, 1.807) is 6.20 Å². The van der Waals surface area contributed by atoms with Gasteiger partial charge in [-0.2, -0.15) is 0 Å². The second-order valence-corrected chi connectivity index (χ2v) is 3.19. The van der Waals surface area contributed by atoms with Crippen LogP contribution in [0.4, 0.5) is 0 Å². The third kappa shape index (κ3) is 1.02. The molecule has 3 nitrogen and oxygen atoms in total. The lowest BCUT2D eigenvalue weighted by atomic mass is 9.82. The number of nitrogens with two attached hydrogens (primary N) is 1. The molecule has 3 heteroatoms. The van der Waals surface area contributed by atoms with Gasteiger partial charge in [0.25, 0.3) is 0 Å². The van der Waals surface area contributed by atoms with Crippen molar-refractivity contribution in [2.45, 2.75) is 5.41 Å². The molecule has 64 valence electrons. The monoisotopic (exact) mass is 164 g/mol. The van der Waals surface area contributed by atoms with E-state index in [4.69, 9.17) is 10.5 Å². The van der Waals surface area contributed by atoms with Crippen molar-refractivity contribution >= 4 is 0 Å². The first-order valence-electron chi connectivity index (χ1n) is 4.07. The average molecular weight is 164 g/mol. The Hall–Kier alpha value is -0.930. The summed E-state index contributed by atoms with van der Waals surface area (Å²) in [4.78, 5) is 4.28. The van der Waals surface area contributed by atoms with Gasteiger partial charge in [-0.15, -0.1) is 0 Å². The predicted octanol–water partition coefficient (Wildman–Crippen LogP) is 0.308. The van der Waals surface area contributed by atoms with Crippen molar-refractivity contribution in [2.24, 2.45) is 5.73 Å². The highest BCUT2D eigenvalue weighted by Crippen LogP contribution is 2.29. The zero-order valence-electron chi connectivity index (χ0n) is 6.86. The van der Waals surface area contributed by atoms with E-state index in [0.717, 1.165) is 5.69 Å². The average Bonchev–Trinajstić information content (AvgIpc) is 2.05. The first-order chi connectivity index (χ1) is 5.87. The summed E-state index contributed by atoms with van der Waals surface area (Å²) in [7, 11) is 0. The minimum atomic E-state index is 0.00125. The lowest BCUT2D eigenvalue weighted by Gasteiger charge is -2.39. The maximum Gasteiger partial charge on any atom is 0.0714 e. The van der Waals surface area contributed by atoms with E-state index in [-0.39, 0.29) is 5.41 Å². The fourth-order valence-corrected chi connectivity index (χ4v) is 1.40. The molecule has 2 rings (SSSR count). The quantitative estimate of drug-likeness (QED) is 0.684. The molecule has 1 aliphatic rings. The Morgan fingerprint density at radius 1 is 1.50 bits per heavy atom. The number of nitrogens with zero attached hydrogens (tertiary/aromatic N) is 1. The summed E-state index contributed by atoms with van der Waals surface area (Å²) in [6.45, 7) is 2.03. The summed E-state index contributed by atoms with van der Waals surface area (Å²) in [5.41, 5.74) is 6.74.